The van der Waals surface area contributed by atoms with Crippen LogP contribution in [0, 0.1) is 6.92 Å². The number of thiazole rings is 1. The van der Waals surface area contributed by atoms with Gasteiger partial charge in [0.15, 0.2) is 11.0 Å². The van der Waals surface area contributed by atoms with Crippen LogP contribution in [0.2, 0.25) is 10.0 Å². The molecule has 0 atom stereocenters. The third-order valence-corrected chi connectivity index (χ3v) is 6.95. The highest BCUT2D eigenvalue weighted by Crippen LogP contribution is 2.31. The molecule has 0 aliphatic heterocycles. The number of aryl methyl sites for hydroxylation is 1. The number of halogens is 2. The molecule has 0 saturated carbocycles. The van der Waals surface area contributed by atoms with E-state index in [9.17, 15) is 0 Å². The number of benzene rings is 2. The monoisotopic (exact) mass is 446 g/mol. The van der Waals surface area contributed by atoms with Crippen molar-refractivity contribution in [1.82, 2.24) is 19.7 Å². The maximum Gasteiger partial charge on any atom is 0.191 e. The van der Waals surface area contributed by atoms with Crippen molar-refractivity contribution < 1.29 is 0 Å². The summed E-state index contributed by atoms with van der Waals surface area (Å²) in [5.41, 5.74) is 4.31. The molecule has 0 spiro atoms. The molecule has 2 aromatic carbocycles. The lowest BCUT2D eigenvalue weighted by molar-refractivity contribution is 0.793. The zero-order valence-electron chi connectivity index (χ0n) is 15.2. The van der Waals surface area contributed by atoms with Crippen molar-refractivity contribution in [1.29, 1.82) is 0 Å². The van der Waals surface area contributed by atoms with Crippen LogP contribution in [-0.2, 0) is 12.8 Å². The highest BCUT2D eigenvalue weighted by atomic mass is 35.5. The lowest BCUT2D eigenvalue weighted by Crippen LogP contribution is -1.95. The van der Waals surface area contributed by atoms with E-state index in [2.05, 4.69) is 46.8 Å². The van der Waals surface area contributed by atoms with Crippen LogP contribution < -0.4 is 0 Å². The fourth-order valence-corrected chi connectivity index (χ4v) is 4.70. The summed E-state index contributed by atoms with van der Waals surface area (Å²) in [6.07, 6.45) is 0. The number of rotatable bonds is 5. The Bertz CT molecular complexity index is 1120. The molecule has 0 unspecified atom stereocenters. The molecule has 0 radical (unpaired) electrons. The van der Waals surface area contributed by atoms with E-state index < -0.39 is 0 Å². The molecule has 0 fully saturated rings. The Balaban J connectivity index is 1.48. The van der Waals surface area contributed by atoms with E-state index in [1.807, 2.05) is 17.7 Å². The van der Waals surface area contributed by atoms with Gasteiger partial charge in [-0.3, -0.25) is 0 Å². The van der Waals surface area contributed by atoms with Crippen LogP contribution in [0.25, 0.3) is 22.0 Å². The molecule has 0 N–H and O–H groups in total. The van der Waals surface area contributed by atoms with E-state index >= 15 is 0 Å². The number of nitrogens with zero attached hydrogens (tertiary/aromatic N) is 4. The van der Waals surface area contributed by atoms with E-state index in [1.165, 1.54) is 5.56 Å². The molecule has 142 valence electrons. The molecule has 2 aromatic heterocycles. The average Bonchev–Trinajstić information content (AvgIpc) is 3.30. The molecule has 4 nitrogen and oxygen atoms in total. The van der Waals surface area contributed by atoms with Crippen molar-refractivity contribution in [3.05, 3.63) is 69.1 Å². The first-order chi connectivity index (χ1) is 13.5. The SMILES string of the molecule is Cc1ccc(-c2nc(CSc3nnc(-c4ccc(Cl)c(Cl)c4)n3C)cs2)cc1. The van der Waals surface area contributed by atoms with Gasteiger partial charge in [0.05, 0.1) is 15.7 Å². The maximum absolute atomic E-state index is 6.12. The van der Waals surface area contributed by atoms with Gasteiger partial charge in [0.1, 0.15) is 5.01 Å². The molecule has 4 aromatic rings. The lowest BCUT2D eigenvalue weighted by atomic mass is 10.2. The number of hydrogen-bond donors (Lipinski definition) is 0. The minimum atomic E-state index is 0.502. The molecule has 0 saturated heterocycles. The fourth-order valence-electron chi connectivity index (χ4n) is 2.67. The van der Waals surface area contributed by atoms with Crippen molar-refractivity contribution in [3.63, 3.8) is 0 Å². The number of hydrogen-bond acceptors (Lipinski definition) is 5. The zero-order chi connectivity index (χ0) is 19.7. The van der Waals surface area contributed by atoms with Gasteiger partial charge in [0, 0.05) is 29.3 Å². The van der Waals surface area contributed by atoms with Gasteiger partial charge in [0.2, 0.25) is 0 Å². The first kappa shape index (κ1) is 19.5. The van der Waals surface area contributed by atoms with Gasteiger partial charge in [-0.1, -0.05) is 64.8 Å². The second kappa shape index (κ2) is 8.25. The summed E-state index contributed by atoms with van der Waals surface area (Å²) < 4.78 is 1.96. The molecule has 0 amide bonds. The molecule has 0 bridgehead atoms. The molecular weight excluding hydrogens is 431 g/mol. The maximum atomic E-state index is 6.12. The molecule has 8 heteroatoms. The summed E-state index contributed by atoms with van der Waals surface area (Å²) in [5.74, 6) is 1.48. The van der Waals surface area contributed by atoms with Gasteiger partial charge in [-0.15, -0.1) is 21.5 Å². The van der Waals surface area contributed by atoms with Gasteiger partial charge in [-0.05, 0) is 25.1 Å². The van der Waals surface area contributed by atoms with Crippen molar-refractivity contribution in [2.75, 3.05) is 0 Å². The van der Waals surface area contributed by atoms with Gasteiger partial charge < -0.3 is 4.57 Å². The second-order valence-electron chi connectivity index (χ2n) is 6.29. The van der Waals surface area contributed by atoms with Crippen LogP contribution in [0.5, 0.6) is 0 Å². The van der Waals surface area contributed by atoms with Crippen molar-refractivity contribution in [3.8, 4) is 22.0 Å². The smallest absolute Gasteiger partial charge is 0.191 e. The lowest BCUT2D eigenvalue weighted by Gasteiger charge is -2.04. The summed E-state index contributed by atoms with van der Waals surface area (Å²) in [6, 6.07) is 13.9. The summed E-state index contributed by atoms with van der Waals surface area (Å²) >= 11 is 15.4. The zero-order valence-corrected chi connectivity index (χ0v) is 18.3. The van der Waals surface area contributed by atoms with E-state index in [-0.39, 0.29) is 0 Å². The quantitative estimate of drug-likeness (QED) is 0.327. The predicted molar refractivity (Wildman–Crippen MR) is 118 cm³/mol. The van der Waals surface area contributed by atoms with Crippen molar-refractivity contribution >= 4 is 46.3 Å². The minimum absolute atomic E-state index is 0.502. The fraction of sp³-hybridized carbons (Fsp3) is 0.150. The van der Waals surface area contributed by atoms with Crippen LogP contribution in [0.4, 0.5) is 0 Å². The van der Waals surface area contributed by atoms with E-state index in [4.69, 9.17) is 28.2 Å². The Labute approximate surface area is 181 Å². The average molecular weight is 447 g/mol. The molecule has 0 aliphatic carbocycles. The third-order valence-electron chi connectivity index (χ3n) is 4.21. The van der Waals surface area contributed by atoms with E-state index in [0.717, 1.165) is 38.6 Å². The summed E-state index contributed by atoms with van der Waals surface area (Å²) in [7, 11) is 1.94. The van der Waals surface area contributed by atoms with Gasteiger partial charge in [-0.2, -0.15) is 0 Å². The molecule has 28 heavy (non-hydrogen) atoms. The summed E-state index contributed by atoms with van der Waals surface area (Å²) in [5, 5.41) is 13.6. The minimum Gasteiger partial charge on any atom is -0.305 e. The topological polar surface area (TPSA) is 43.6 Å². The van der Waals surface area contributed by atoms with Gasteiger partial charge in [0.25, 0.3) is 0 Å². The standard InChI is InChI=1S/C20H16Cl2N4S2/c1-12-3-5-13(6-4-12)19-23-15(10-27-19)11-28-20-25-24-18(26(20)2)14-7-8-16(21)17(22)9-14/h3-10H,11H2,1-2H3. The summed E-state index contributed by atoms with van der Waals surface area (Å²) in [4.78, 5) is 4.75. The van der Waals surface area contributed by atoms with Crippen molar-refractivity contribution in [2.24, 2.45) is 7.05 Å². The van der Waals surface area contributed by atoms with Gasteiger partial charge >= 0.3 is 0 Å². The molecule has 4 rings (SSSR count). The molecule has 0 aliphatic rings. The Morgan fingerprint density at radius 3 is 2.50 bits per heavy atom. The van der Waals surface area contributed by atoms with Crippen LogP contribution in [0.15, 0.2) is 53.0 Å². The Hall–Kier alpha value is -1.86. The molecule has 2 heterocycles. The highest BCUT2D eigenvalue weighted by molar-refractivity contribution is 7.98. The van der Waals surface area contributed by atoms with Crippen LogP contribution >= 0.6 is 46.3 Å². The normalized spacial score (nSPS) is 11.1. The van der Waals surface area contributed by atoms with Crippen molar-refractivity contribution in [2.45, 2.75) is 17.8 Å². The number of aromatic nitrogens is 4. The Morgan fingerprint density at radius 2 is 1.75 bits per heavy atom. The first-order valence-electron chi connectivity index (χ1n) is 8.50. The highest BCUT2D eigenvalue weighted by Gasteiger charge is 2.13. The molecular formula is C20H16Cl2N4S2. The van der Waals surface area contributed by atoms with Crippen LogP contribution in [-0.4, -0.2) is 19.7 Å². The third kappa shape index (κ3) is 4.10. The number of thioether (sulfide) groups is 1. The predicted octanol–water partition coefficient (Wildman–Crippen LogP) is 6.51. The first-order valence-corrected chi connectivity index (χ1v) is 11.1. The van der Waals surface area contributed by atoms with E-state index in [0.29, 0.717) is 10.0 Å². The van der Waals surface area contributed by atoms with E-state index in [1.54, 1.807) is 35.2 Å². The largest absolute Gasteiger partial charge is 0.305 e. The Kier molecular flexibility index (Phi) is 5.73. The Morgan fingerprint density at radius 1 is 1.00 bits per heavy atom. The van der Waals surface area contributed by atoms with Crippen LogP contribution in [0.1, 0.15) is 11.3 Å². The van der Waals surface area contributed by atoms with Gasteiger partial charge in [-0.25, -0.2) is 4.98 Å². The van der Waals surface area contributed by atoms with Crippen LogP contribution in [0.3, 0.4) is 0 Å². The summed E-state index contributed by atoms with van der Waals surface area (Å²) in [6.45, 7) is 2.08. The second-order valence-corrected chi connectivity index (χ2v) is 8.91.